The van der Waals surface area contributed by atoms with Crippen LogP contribution in [0.25, 0.3) is 0 Å². The van der Waals surface area contributed by atoms with Crippen molar-refractivity contribution in [2.45, 2.75) is 12.3 Å². The molecule has 7 aromatic carbocycles. The lowest BCUT2D eigenvalue weighted by Gasteiger charge is -2.31. The van der Waals surface area contributed by atoms with Crippen molar-refractivity contribution in [3.05, 3.63) is 205 Å². The first kappa shape index (κ1) is 43.5. The van der Waals surface area contributed by atoms with E-state index in [0.717, 1.165) is 12.3 Å². The van der Waals surface area contributed by atoms with Gasteiger partial charge in [-0.05, 0) is 84.9 Å². The highest BCUT2D eigenvalue weighted by molar-refractivity contribution is 7.95. The normalized spacial score (nSPS) is 14.9. The SMILES string of the molecule is c1ccc([P+](Cc2cc3c(cc2C[P+](c2ccccc2)(c2ccccc2)c2ccccc2)OCCOCCOCCOCCOCCO3)(c2ccccc2)c2ccccc2)cc1. The number of hydrogen-bond donors (Lipinski definition) is 0. The van der Waals surface area contributed by atoms with E-state index < -0.39 is 14.5 Å². The first-order valence-corrected chi connectivity index (χ1v) is 25.5. The summed E-state index contributed by atoms with van der Waals surface area (Å²) in [6, 6.07) is 71.3. The van der Waals surface area contributed by atoms with Crippen molar-refractivity contribution in [1.82, 2.24) is 0 Å². The third-order valence-corrected chi connectivity index (χ3v) is 20.1. The first-order chi connectivity index (χ1) is 30.8. The Hall–Kier alpha value is -5.16. The van der Waals surface area contributed by atoms with Crippen LogP contribution in [0.2, 0.25) is 0 Å². The monoisotopic (exact) mass is 862 g/mol. The zero-order chi connectivity index (χ0) is 42.1. The summed E-state index contributed by atoms with van der Waals surface area (Å²) >= 11 is 0. The predicted octanol–water partition coefficient (Wildman–Crippen LogP) is 8.51. The molecule has 62 heavy (non-hydrogen) atoms. The molecule has 0 N–H and O–H groups in total. The van der Waals surface area contributed by atoms with Crippen LogP contribution in [0, 0.1) is 0 Å². The van der Waals surface area contributed by atoms with Crippen molar-refractivity contribution in [3.63, 3.8) is 0 Å². The van der Waals surface area contributed by atoms with E-state index >= 15 is 0 Å². The Bertz CT molecular complexity index is 2010. The summed E-state index contributed by atoms with van der Waals surface area (Å²) in [6.45, 7) is 4.52. The fourth-order valence-electron chi connectivity index (χ4n) is 8.40. The Balaban J connectivity index is 1.35. The first-order valence-electron chi connectivity index (χ1n) is 21.6. The second-order valence-corrected chi connectivity index (χ2v) is 22.1. The van der Waals surface area contributed by atoms with Crippen LogP contribution < -0.4 is 41.3 Å². The van der Waals surface area contributed by atoms with Gasteiger partial charge >= 0.3 is 0 Å². The van der Waals surface area contributed by atoms with Crippen LogP contribution in [0.5, 0.6) is 11.5 Å². The molecule has 0 aliphatic carbocycles. The molecule has 1 aliphatic rings. The van der Waals surface area contributed by atoms with E-state index in [9.17, 15) is 0 Å². The van der Waals surface area contributed by atoms with Gasteiger partial charge in [-0.3, -0.25) is 0 Å². The molecular weight excluding hydrogens is 807 g/mol. The maximum absolute atomic E-state index is 6.71. The highest BCUT2D eigenvalue weighted by Gasteiger charge is 2.49. The minimum absolute atomic E-state index is 0.361. The number of ether oxygens (including phenoxy) is 6. The lowest BCUT2D eigenvalue weighted by molar-refractivity contribution is -0.00842. The second-order valence-electron chi connectivity index (χ2n) is 15.2. The lowest BCUT2D eigenvalue weighted by atomic mass is 10.1. The highest BCUT2D eigenvalue weighted by Crippen LogP contribution is 2.62. The van der Waals surface area contributed by atoms with Crippen LogP contribution in [0.1, 0.15) is 11.1 Å². The Morgan fingerprint density at radius 2 is 0.484 bits per heavy atom. The van der Waals surface area contributed by atoms with E-state index in [0.29, 0.717) is 77.6 Å². The van der Waals surface area contributed by atoms with E-state index in [2.05, 4.69) is 194 Å². The van der Waals surface area contributed by atoms with E-state index in [1.807, 2.05) is 0 Å². The fourth-order valence-corrected chi connectivity index (χ4v) is 17.0. The van der Waals surface area contributed by atoms with Gasteiger partial charge in [-0.1, -0.05) is 109 Å². The molecule has 6 nitrogen and oxygen atoms in total. The topological polar surface area (TPSA) is 55.4 Å². The van der Waals surface area contributed by atoms with Crippen LogP contribution in [0.15, 0.2) is 194 Å². The molecule has 0 saturated heterocycles. The van der Waals surface area contributed by atoms with Crippen LogP contribution in [-0.2, 0) is 31.3 Å². The Morgan fingerprint density at radius 1 is 0.274 bits per heavy atom. The number of fused-ring (bicyclic) bond motifs is 1. The van der Waals surface area contributed by atoms with Crippen molar-refractivity contribution in [2.75, 3.05) is 66.1 Å². The number of rotatable bonds is 10. The van der Waals surface area contributed by atoms with Gasteiger partial charge in [0, 0.05) is 11.1 Å². The minimum atomic E-state index is -2.35. The summed E-state index contributed by atoms with van der Waals surface area (Å²) in [5.41, 5.74) is 2.46. The van der Waals surface area contributed by atoms with Gasteiger partial charge in [0.15, 0.2) is 11.5 Å². The third kappa shape index (κ3) is 10.4. The summed E-state index contributed by atoms with van der Waals surface area (Å²) in [6.07, 6.45) is 1.54. The quantitative estimate of drug-likeness (QED) is 0.129. The summed E-state index contributed by atoms with van der Waals surface area (Å²) in [5, 5.41) is 7.95. The zero-order valence-electron chi connectivity index (χ0n) is 35.3. The van der Waals surface area contributed by atoms with E-state index in [1.165, 1.54) is 43.0 Å². The van der Waals surface area contributed by atoms with Crippen molar-refractivity contribution >= 4 is 46.4 Å². The van der Waals surface area contributed by atoms with Gasteiger partial charge in [0.2, 0.25) is 0 Å². The predicted molar refractivity (Wildman–Crippen MR) is 258 cm³/mol. The maximum Gasteiger partial charge on any atom is 0.161 e. The van der Waals surface area contributed by atoms with Gasteiger partial charge in [-0.2, -0.15) is 0 Å². The smallest absolute Gasteiger partial charge is 0.161 e. The molecule has 0 saturated carbocycles. The molecule has 0 atom stereocenters. The van der Waals surface area contributed by atoms with Crippen LogP contribution in [0.3, 0.4) is 0 Å². The van der Waals surface area contributed by atoms with E-state index in [4.69, 9.17) is 28.4 Å². The van der Waals surface area contributed by atoms with E-state index in [1.54, 1.807) is 0 Å². The van der Waals surface area contributed by atoms with Gasteiger partial charge in [0.05, 0.1) is 65.2 Å². The second kappa shape index (κ2) is 22.3. The summed E-state index contributed by atoms with van der Waals surface area (Å²) in [4.78, 5) is 0. The molecule has 7 aromatic rings. The van der Waals surface area contributed by atoms with E-state index in [-0.39, 0.29) is 0 Å². The number of benzene rings is 7. The van der Waals surface area contributed by atoms with Gasteiger partial charge < -0.3 is 28.4 Å². The molecule has 0 spiro atoms. The van der Waals surface area contributed by atoms with Crippen molar-refractivity contribution in [1.29, 1.82) is 0 Å². The van der Waals surface area contributed by atoms with Gasteiger partial charge in [-0.25, -0.2) is 0 Å². The summed E-state index contributed by atoms with van der Waals surface area (Å²) in [5.74, 6) is 1.40. The molecule has 0 unspecified atom stereocenters. The molecule has 316 valence electrons. The minimum Gasteiger partial charge on any atom is -0.487 e. The Labute approximate surface area is 368 Å². The molecule has 1 heterocycles. The largest absolute Gasteiger partial charge is 0.487 e. The van der Waals surface area contributed by atoms with Crippen LogP contribution in [-0.4, -0.2) is 66.1 Å². The molecule has 0 radical (unpaired) electrons. The molecule has 8 heteroatoms. The summed E-state index contributed by atoms with van der Waals surface area (Å²) < 4.78 is 36.8. The van der Waals surface area contributed by atoms with Crippen molar-refractivity contribution in [3.8, 4) is 11.5 Å². The number of hydrogen-bond acceptors (Lipinski definition) is 6. The lowest BCUT2D eigenvalue weighted by Crippen LogP contribution is -2.34. The van der Waals surface area contributed by atoms with Crippen LogP contribution in [0.4, 0.5) is 0 Å². The molecule has 8 rings (SSSR count). The van der Waals surface area contributed by atoms with Crippen LogP contribution >= 0.6 is 14.5 Å². The average molecular weight is 863 g/mol. The third-order valence-electron chi connectivity index (χ3n) is 11.3. The zero-order valence-corrected chi connectivity index (χ0v) is 37.1. The summed E-state index contributed by atoms with van der Waals surface area (Å²) in [7, 11) is -4.70. The molecular formula is C54H56O6P2+2. The Morgan fingerprint density at radius 3 is 0.710 bits per heavy atom. The van der Waals surface area contributed by atoms with Gasteiger partial charge in [-0.15, -0.1) is 0 Å². The standard InChI is InChI=1S/C54H56O6P2/c1-7-19-47(20-8-1)61(48-21-9-2-10-22-48,49-23-11-3-12-24-49)43-45-41-53-54(60-40-38-58-36-34-56-32-31-55-33-35-57-37-39-59-53)42-46(45)44-62(50-25-13-4-14-26-50,51-27-15-5-16-28-51)52-29-17-6-18-30-52/h1-30,41-42H,31-40,43-44H2/q+2. The molecule has 0 fully saturated rings. The van der Waals surface area contributed by atoms with Gasteiger partial charge in [0.25, 0.3) is 0 Å². The average Bonchev–Trinajstić information content (AvgIpc) is 3.34. The molecule has 0 aromatic heterocycles. The van der Waals surface area contributed by atoms with Crippen molar-refractivity contribution in [2.24, 2.45) is 0 Å². The van der Waals surface area contributed by atoms with Crippen molar-refractivity contribution < 1.29 is 28.4 Å². The maximum atomic E-state index is 6.71. The molecule has 0 bridgehead atoms. The molecule has 0 amide bonds. The Kier molecular flexibility index (Phi) is 15.6. The fraction of sp³-hybridized carbons (Fsp3) is 0.222. The molecule has 1 aliphatic heterocycles. The highest BCUT2D eigenvalue weighted by atomic mass is 31.2. The van der Waals surface area contributed by atoms with Gasteiger partial charge in [0.1, 0.15) is 59.6 Å².